The zero-order chi connectivity index (χ0) is 24.6. The molecule has 2 N–H and O–H groups in total. The van der Waals surface area contributed by atoms with Crippen molar-refractivity contribution in [2.75, 3.05) is 25.0 Å². The first-order chi connectivity index (χ1) is 16.1. The molecule has 182 valence electrons. The van der Waals surface area contributed by atoms with Gasteiger partial charge in [-0.2, -0.15) is 18.3 Å². The van der Waals surface area contributed by atoms with Gasteiger partial charge in [0.2, 0.25) is 5.91 Å². The number of nitrogens with one attached hydrogen (secondary N) is 2. The zero-order valence-corrected chi connectivity index (χ0v) is 19.7. The SMILES string of the molecule is CC1=C(C(=O)NCCCN2CCCC2=O)C(c2ccc(Cl)c(Cl)c2)n2nc(C(F)(F)F)cc2N1. The molecule has 1 atom stereocenters. The fourth-order valence-electron chi connectivity index (χ4n) is 4.20. The minimum Gasteiger partial charge on any atom is -0.352 e. The summed E-state index contributed by atoms with van der Waals surface area (Å²) in [6.45, 7) is 3.16. The Labute approximate surface area is 203 Å². The smallest absolute Gasteiger partial charge is 0.352 e. The van der Waals surface area contributed by atoms with Gasteiger partial charge in [-0.25, -0.2) is 4.68 Å². The van der Waals surface area contributed by atoms with E-state index in [0.717, 1.165) is 17.2 Å². The molecular formula is C22H22Cl2F3N5O2. The fraction of sp³-hybridized carbons (Fsp3) is 0.409. The van der Waals surface area contributed by atoms with Crippen molar-refractivity contribution in [3.8, 4) is 0 Å². The van der Waals surface area contributed by atoms with Crippen molar-refractivity contribution in [2.45, 2.75) is 38.4 Å². The van der Waals surface area contributed by atoms with E-state index in [1.165, 1.54) is 12.1 Å². The van der Waals surface area contributed by atoms with Crippen LogP contribution in [0.2, 0.25) is 10.0 Å². The highest BCUT2D eigenvalue weighted by Crippen LogP contribution is 2.40. The van der Waals surface area contributed by atoms with Gasteiger partial charge < -0.3 is 15.5 Å². The lowest BCUT2D eigenvalue weighted by Gasteiger charge is -2.30. The fourth-order valence-corrected chi connectivity index (χ4v) is 4.51. The molecular weight excluding hydrogens is 494 g/mol. The number of benzene rings is 1. The maximum atomic E-state index is 13.4. The van der Waals surface area contributed by atoms with Gasteiger partial charge in [-0.05, 0) is 37.5 Å². The molecule has 0 spiro atoms. The Kier molecular flexibility index (Phi) is 6.82. The molecule has 0 aliphatic carbocycles. The number of anilines is 1. The number of likely N-dealkylation sites (tertiary alicyclic amines) is 1. The Morgan fingerprint density at radius 2 is 2.03 bits per heavy atom. The Balaban J connectivity index is 1.61. The summed E-state index contributed by atoms with van der Waals surface area (Å²) in [4.78, 5) is 26.7. The van der Waals surface area contributed by atoms with Crippen LogP contribution in [0.4, 0.5) is 19.0 Å². The molecule has 0 bridgehead atoms. The Hall–Kier alpha value is -2.72. The molecule has 34 heavy (non-hydrogen) atoms. The largest absolute Gasteiger partial charge is 0.435 e. The summed E-state index contributed by atoms with van der Waals surface area (Å²) < 4.78 is 41.2. The molecule has 1 saturated heterocycles. The highest BCUT2D eigenvalue weighted by atomic mass is 35.5. The second-order valence-corrected chi connectivity index (χ2v) is 9.01. The number of carbonyl (C=O) groups is 2. The Morgan fingerprint density at radius 3 is 2.68 bits per heavy atom. The van der Waals surface area contributed by atoms with E-state index in [2.05, 4.69) is 15.7 Å². The summed E-state index contributed by atoms with van der Waals surface area (Å²) in [6, 6.07) is 4.57. The average molecular weight is 516 g/mol. The van der Waals surface area contributed by atoms with Gasteiger partial charge >= 0.3 is 6.18 Å². The third-order valence-electron chi connectivity index (χ3n) is 5.83. The van der Waals surface area contributed by atoms with Crippen molar-refractivity contribution >= 4 is 40.8 Å². The molecule has 0 saturated carbocycles. The third-order valence-corrected chi connectivity index (χ3v) is 6.57. The first-order valence-corrected chi connectivity index (χ1v) is 11.5. The van der Waals surface area contributed by atoms with Crippen LogP contribution in [-0.2, 0) is 15.8 Å². The van der Waals surface area contributed by atoms with Crippen LogP contribution >= 0.6 is 23.2 Å². The van der Waals surface area contributed by atoms with Gasteiger partial charge in [-0.1, -0.05) is 29.3 Å². The van der Waals surface area contributed by atoms with Crippen molar-refractivity contribution in [1.82, 2.24) is 20.0 Å². The van der Waals surface area contributed by atoms with Crippen LogP contribution in [0, 0.1) is 0 Å². The van der Waals surface area contributed by atoms with E-state index in [0.29, 0.717) is 43.7 Å². The molecule has 7 nitrogen and oxygen atoms in total. The van der Waals surface area contributed by atoms with Crippen LogP contribution in [-0.4, -0.2) is 46.1 Å². The number of aromatic nitrogens is 2. The molecule has 1 unspecified atom stereocenters. The highest BCUT2D eigenvalue weighted by Gasteiger charge is 2.39. The summed E-state index contributed by atoms with van der Waals surface area (Å²) in [6.07, 6.45) is -2.72. The molecule has 1 fully saturated rings. The molecule has 0 radical (unpaired) electrons. The summed E-state index contributed by atoms with van der Waals surface area (Å²) in [5.41, 5.74) is -0.0182. The Morgan fingerprint density at radius 1 is 1.26 bits per heavy atom. The minimum atomic E-state index is -4.66. The molecule has 1 aromatic carbocycles. The molecule has 2 amide bonds. The highest BCUT2D eigenvalue weighted by molar-refractivity contribution is 6.42. The van der Waals surface area contributed by atoms with E-state index in [4.69, 9.17) is 23.2 Å². The van der Waals surface area contributed by atoms with E-state index in [1.807, 2.05) is 0 Å². The second kappa shape index (κ2) is 9.50. The number of allylic oxidation sites excluding steroid dienone is 1. The zero-order valence-electron chi connectivity index (χ0n) is 18.2. The summed E-state index contributed by atoms with van der Waals surface area (Å²) in [5, 5.41) is 9.91. The number of fused-ring (bicyclic) bond motifs is 1. The molecule has 2 aromatic rings. The van der Waals surface area contributed by atoms with Gasteiger partial charge in [0.25, 0.3) is 5.91 Å². The van der Waals surface area contributed by atoms with Crippen molar-refractivity contribution in [3.63, 3.8) is 0 Å². The number of hydrogen-bond donors (Lipinski definition) is 2. The maximum Gasteiger partial charge on any atom is 0.435 e. The second-order valence-electron chi connectivity index (χ2n) is 8.19. The van der Waals surface area contributed by atoms with Crippen molar-refractivity contribution in [1.29, 1.82) is 0 Å². The van der Waals surface area contributed by atoms with E-state index >= 15 is 0 Å². The van der Waals surface area contributed by atoms with Gasteiger partial charge in [-0.15, -0.1) is 0 Å². The number of rotatable bonds is 6. The van der Waals surface area contributed by atoms with Gasteiger partial charge in [0.05, 0.1) is 15.6 Å². The molecule has 2 aliphatic rings. The number of alkyl halides is 3. The molecule has 3 heterocycles. The van der Waals surface area contributed by atoms with Crippen LogP contribution in [0.1, 0.15) is 43.5 Å². The molecule has 4 rings (SSSR count). The van der Waals surface area contributed by atoms with Gasteiger partial charge in [0, 0.05) is 37.8 Å². The number of nitrogens with zero attached hydrogens (tertiary/aromatic N) is 3. The summed E-state index contributed by atoms with van der Waals surface area (Å²) in [7, 11) is 0. The molecule has 2 aliphatic heterocycles. The average Bonchev–Trinajstić information content (AvgIpc) is 3.38. The van der Waals surface area contributed by atoms with Crippen LogP contribution in [0.25, 0.3) is 0 Å². The van der Waals surface area contributed by atoms with Crippen molar-refractivity contribution in [3.05, 3.63) is 56.8 Å². The number of amides is 2. The minimum absolute atomic E-state index is 0.102. The topological polar surface area (TPSA) is 79.3 Å². The van der Waals surface area contributed by atoms with Gasteiger partial charge in [-0.3, -0.25) is 9.59 Å². The monoisotopic (exact) mass is 515 g/mol. The maximum absolute atomic E-state index is 13.4. The van der Waals surface area contributed by atoms with Crippen LogP contribution in [0.3, 0.4) is 0 Å². The normalized spacial score (nSPS) is 18.2. The van der Waals surface area contributed by atoms with E-state index < -0.39 is 23.8 Å². The van der Waals surface area contributed by atoms with Crippen LogP contribution in [0.15, 0.2) is 35.5 Å². The van der Waals surface area contributed by atoms with E-state index in [-0.39, 0.29) is 27.3 Å². The summed E-state index contributed by atoms with van der Waals surface area (Å²) in [5.74, 6) is -0.249. The van der Waals surface area contributed by atoms with Crippen LogP contribution in [0.5, 0.6) is 0 Å². The molecule has 1 aromatic heterocycles. The van der Waals surface area contributed by atoms with Crippen molar-refractivity contribution in [2.24, 2.45) is 0 Å². The lowest BCUT2D eigenvalue weighted by atomic mass is 9.95. The number of hydrogen-bond acceptors (Lipinski definition) is 4. The van der Waals surface area contributed by atoms with E-state index in [1.54, 1.807) is 17.9 Å². The standard InChI is InChI=1S/C22H22Cl2F3N5O2/c1-12-19(21(34)28-7-3-9-31-8-2-4-18(31)33)20(13-5-6-14(23)15(24)10-13)32-17(29-12)11-16(30-32)22(25,26)27/h5-6,10-11,20,29H,2-4,7-9H2,1H3,(H,28,34). The predicted octanol–water partition coefficient (Wildman–Crippen LogP) is 4.63. The van der Waals surface area contributed by atoms with Gasteiger partial charge in [0.1, 0.15) is 11.9 Å². The van der Waals surface area contributed by atoms with Crippen molar-refractivity contribution < 1.29 is 22.8 Å². The number of carbonyl (C=O) groups excluding carboxylic acids is 2. The van der Waals surface area contributed by atoms with Crippen LogP contribution < -0.4 is 10.6 Å². The Bertz CT molecular complexity index is 1160. The van der Waals surface area contributed by atoms with E-state index in [9.17, 15) is 22.8 Å². The first-order valence-electron chi connectivity index (χ1n) is 10.7. The quantitative estimate of drug-likeness (QED) is 0.550. The third kappa shape index (κ3) is 4.88. The summed E-state index contributed by atoms with van der Waals surface area (Å²) >= 11 is 12.2. The molecule has 12 heteroatoms. The lowest BCUT2D eigenvalue weighted by molar-refractivity contribution is -0.141. The van der Waals surface area contributed by atoms with Gasteiger partial charge in [0.15, 0.2) is 5.69 Å². The number of halogens is 5. The lowest BCUT2D eigenvalue weighted by Crippen LogP contribution is -2.36. The first kappa shape index (κ1) is 24.4. The predicted molar refractivity (Wildman–Crippen MR) is 122 cm³/mol.